The third kappa shape index (κ3) is 4.75. The minimum absolute atomic E-state index is 0.110. The Hall–Kier alpha value is -2.01. The van der Waals surface area contributed by atoms with E-state index in [-0.39, 0.29) is 11.9 Å². The van der Waals surface area contributed by atoms with Gasteiger partial charge in [-0.05, 0) is 56.7 Å². The Morgan fingerprint density at radius 3 is 2.80 bits per heavy atom. The summed E-state index contributed by atoms with van der Waals surface area (Å²) in [6, 6.07) is 5.01. The summed E-state index contributed by atoms with van der Waals surface area (Å²) in [5.41, 5.74) is 2.72. The lowest BCUT2D eigenvalue weighted by atomic mass is 9.97. The number of urea groups is 1. The summed E-state index contributed by atoms with van der Waals surface area (Å²) < 4.78 is 0. The largest absolute Gasteiger partial charge is 0.338 e. The summed E-state index contributed by atoms with van der Waals surface area (Å²) in [6.45, 7) is 1.32. The number of allylic oxidation sites excluding steroid dienone is 1. The van der Waals surface area contributed by atoms with Crippen LogP contribution in [0.5, 0.6) is 0 Å². The zero-order valence-corrected chi connectivity index (χ0v) is 15.1. The summed E-state index contributed by atoms with van der Waals surface area (Å²) in [5.74, 6) is 0.110. The summed E-state index contributed by atoms with van der Waals surface area (Å²) in [7, 11) is 0. The molecule has 0 bridgehead atoms. The van der Waals surface area contributed by atoms with Crippen molar-refractivity contribution >= 4 is 34.9 Å². The van der Waals surface area contributed by atoms with E-state index in [1.807, 2.05) is 6.07 Å². The highest BCUT2D eigenvalue weighted by atomic mass is 35.5. The van der Waals surface area contributed by atoms with Crippen molar-refractivity contribution in [2.75, 3.05) is 23.3 Å². The first-order valence-corrected chi connectivity index (χ1v) is 9.34. The highest BCUT2D eigenvalue weighted by Crippen LogP contribution is 2.30. The topological polar surface area (TPSA) is 61.4 Å². The summed E-state index contributed by atoms with van der Waals surface area (Å²) in [5, 5.41) is 6.12. The van der Waals surface area contributed by atoms with Crippen molar-refractivity contribution in [3.63, 3.8) is 0 Å². The number of rotatable bonds is 5. The highest BCUT2D eigenvalue weighted by Gasteiger charge is 2.22. The molecule has 5 nitrogen and oxygen atoms in total. The number of halogens is 1. The van der Waals surface area contributed by atoms with Crippen LogP contribution in [0, 0.1) is 0 Å². The van der Waals surface area contributed by atoms with Gasteiger partial charge in [0, 0.05) is 25.2 Å². The van der Waals surface area contributed by atoms with Gasteiger partial charge in [-0.3, -0.25) is 4.79 Å². The van der Waals surface area contributed by atoms with Gasteiger partial charge < -0.3 is 15.5 Å². The van der Waals surface area contributed by atoms with Crippen molar-refractivity contribution in [3.05, 3.63) is 34.9 Å². The van der Waals surface area contributed by atoms with Crippen molar-refractivity contribution < 1.29 is 9.59 Å². The fraction of sp³-hybridized carbons (Fsp3) is 0.474. The lowest BCUT2D eigenvalue weighted by Gasteiger charge is -2.18. The lowest BCUT2D eigenvalue weighted by Crippen LogP contribution is -2.30. The number of hydrogen-bond acceptors (Lipinski definition) is 2. The average molecular weight is 362 g/mol. The van der Waals surface area contributed by atoms with Gasteiger partial charge in [-0.15, -0.1) is 0 Å². The molecule has 1 saturated heterocycles. The van der Waals surface area contributed by atoms with E-state index in [0.29, 0.717) is 30.2 Å². The van der Waals surface area contributed by atoms with Crippen LogP contribution in [0.3, 0.4) is 0 Å². The molecule has 3 rings (SSSR count). The minimum atomic E-state index is -0.275. The SMILES string of the molecule is O=C(NCCC1=CCCCC1)Nc1cc(N2CCCC2=O)ccc1Cl. The first-order valence-electron chi connectivity index (χ1n) is 8.96. The molecule has 134 valence electrons. The van der Waals surface area contributed by atoms with Crippen LogP contribution in [0.1, 0.15) is 44.9 Å². The monoisotopic (exact) mass is 361 g/mol. The maximum atomic E-state index is 12.1. The molecule has 2 N–H and O–H groups in total. The van der Waals surface area contributed by atoms with E-state index >= 15 is 0 Å². The Morgan fingerprint density at radius 2 is 2.08 bits per heavy atom. The van der Waals surface area contributed by atoms with Gasteiger partial charge in [0.15, 0.2) is 0 Å². The Labute approximate surface area is 153 Å². The molecule has 25 heavy (non-hydrogen) atoms. The van der Waals surface area contributed by atoms with Crippen LogP contribution in [0.25, 0.3) is 0 Å². The molecule has 6 heteroatoms. The molecule has 1 aliphatic carbocycles. The molecular weight excluding hydrogens is 338 g/mol. The maximum Gasteiger partial charge on any atom is 0.319 e. The van der Waals surface area contributed by atoms with Gasteiger partial charge in [0.25, 0.3) is 0 Å². The minimum Gasteiger partial charge on any atom is -0.338 e. The van der Waals surface area contributed by atoms with E-state index in [4.69, 9.17) is 11.6 Å². The van der Waals surface area contributed by atoms with Crippen LogP contribution in [-0.4, -0.2) is 25.0 Å². The second-order valence-corrected chi connectivity index (χ2v) is 6.96. The molecule has 1 fully saturated rings. The summed E-state index contributed by atoms with van der Waals surface area (Å²) in [6.07, 6.45) is 9.42. The molecule has 0 aromatic heterocycles. The molecule has 0 radical (unpaired) electrons. The van der Waals surface area contributed by atoms with E-state index in [0.717, 1.165) is 31.4 Å². The highest BCUT2D eigenvalue weighted by molar-refractivity contribution is 6.33. The van der Waals surface area contributed by atoms with Crippen molar-refractivity contribution in [3.8, 4) is 0 Å². The molecule has 2 aliphatic rings. The van der Waals surface area contributed by atoms with Crippen LogP contribution in [0.15, 0.2) is 29.8 Å². The Morgan fingerprint density at radius 1 is 1.20 bits per heavy atom. The van der Waals surface area contributed by atoms with E-state index < -0.39 is 0 Å². The summed E-state index contributed by atoms with van der Waals surface area (Å²) >= 11 is 6.18. The van der Waals surface area contributed by atoms with Gasteiger partial charge >= 0.3 is 6.03 Å². The van der Waals surface area contributed by atoms with Crippen LogP contribution in [-0.2, 0) is 4.79 Å². The van der Waals surface area contributed by atoms with Gasteiger partial charge in [0.05, 0.1) is 10.7 Å². The molecule has 1 aromatic rings. The van der Waals surface area contributed by atoms with Gasteiger partial charge in [0.2, 0.25) is 5.91 Å². The smallest absolute Gasteiger partial charge is 0.319 e. The Bertz CT molecular complexity index is 687. The molecule has 0 atom stereocenters. The zero-order valence-electron chi connectivity index (χ0n) is 14.3. The van der Waals surface area contributed by atoms with Crippen molar-refractivity contribution in [1.82, 2.24) is 5.32 Å². The standard InChI is InChI=1S/C19H24ClN3O2/c20-16-9-8-15(23-12-4-7-18(23)24)13-17(16)22-19(25)21-11-10-14-5-2-1-3-6-14/h5,8-9,13H,1-4,6-7,10-12H2,(H2,21,22,25). The molecule has 0 spiro atoms. The predicted octanol–water partition coefficient (Wildman–Crippen LogP) is 4.48. The summed E-state index contributed by atoms with van der Waals surface area (Å²) in [4.78, 5) is 25.7. The Balaban J connectivity index is 1.55. The molecule has 0 saturated carbocycles. The van der Waals surface area contributed by atoms with Crippen molar-refractivity contribution in [2.45, 2.75) is 44.9 Å². The van der Waals surface area contributed by atoms with E-state index in [1.54, 1.807) is 17.0 Å². The molecule has 1 aromatic carbocycles. The number of benzene rings is 1. The predicted molar refractivity (Wildman–Crippen MR) is 101 cm³/mol. The van der Waals surface area contributed by atoms with Crippen molar-refractivity contribution in [1.29, 1.82) is 0 Å². The zero-order chi connectivity index (χ0) is 17.6. The molecule has 1 heterocycles. The number of anilines is 2. The number of nitrogens with zero attached hydrogens (tertiary/aromatic N) is 1. The van der Waals surface area contributed by atoms with Crippen LogP contribution >= 0.6 is 11.6 Å². The normalized spacial score (nSPS) is 17.4. The number of carbonyl (C=O) groups excluding carboxylic acids is 2. The van der Waals surface area contributed by atoms with Gasteiger partial charge in [0.1, 0.15) is 0 Å². The maximum absolute atomic E-state index is 12.1. The number of amides is 3. The van der Waals surface area contributed by atoms with Gasteiger partial charge in [-0.25, -0.2) is 4.79 Å². The van der Waals surface area contributed by atoms with Crippen LogP contribution in [0.4, 0.5) is 16.2 Å². The van der Waals surface area contributed by atoms with Crippen LogP contribution < -0.4 is 15.5 Å². The third-order valence-corrected chi connectivity index (χ3v) is 5.03. The Kier molecular flexibility index (Phi) is 5.97. The first-order chi connectivity index (χ1) is 12.1. The average Bonchev–Trinajstić information content (AvgIpc) is 3.04. The van der Waals surface area contributed by atoms with E-state index in [1.165, 1.54) is 18.4 Å². The number of nitrogens with one attached hydrogen (secondary N) is 2. The fourth-order valence-corrected chi connectivity index (χ4v) is 3.50. The van der Waals surface area contributed by atoms with E-state index in [2.05, 4.69) is 16.7 Å². The fourth-order valence-electron chi connectivity index (χ4n) is 3.33. The third-order valence-electron chi connectivity index (χ3n) is 4.70. The number of carbonyl (C=O) groups is 2. The second-order valence-electron chi connectivity index (χ2n) is 6.55. The lowest BCUT2D eigenvalue weighted by molar-refractivity contribution is -0.117. The molecule has 1 aliphatic heterocycles. The molecular formula is C19H24ClN3O2. The quantitative estimate of drug-likeness (QED) is 0.759. The molecule has 0 unspecified atom stereocenters. The van der Waals surface area contributed by atoms with Gasteiger partial charge in [-0.2, -0.15) is 0 Å². The molecule has 3 amide bonds. The first kappa shape index (κ1) is 17.8. The van der Waals surface area contributed by atoms with Crippen LogP contribution in [0.2, 0.25) is 5.02 Å². The van der Waals surface area contributed by atoms with Gasteiger partial charge in [-0.1, -0.05) is 23.3 Å². The van der Waals surface area contributed by atoms with E-state index in [9.17, 15) is 9.59 Å². The second kappa shape index (κ2) is 8.39. The number of hydrogen-bond donors (Lipinski definition) is 2. The van der Waals surface area contributed by atoms with Crippen molar-refractivity contribution in [2.24, 2.45) is 0 Å².